The van der Waals surface area contributed by atoms with Gasteiger partial charge >= 0.3 is 0 Å². The summed E-state index contributed by atoms with van der Waals surface area (Å²) in [5.41, 5.74) is 2.83. The summed E-state index contributed by atoms with van der Waals surface area (Å²) in [4.78, 5) is 11.8. The quantitative estimate of drug-likeness (QED) is 0.591. The van der Waals surface area contributed by atoms with E-state index in [1.807, 2.05) is 32.0 Å². The Morgan fingerprint density at radius 3 is 2.53 bits per heavy atom. The first-order chi connectivity index (χ1) is 7.16. The number of hydrogen-bond acceptors (Lipinski definition) is 1. The Hall–Kier alpha value is -1.57. The molecule has 1 N–H and O–H groups in total. The van der Waals surface area contributed by atoms with E-state index in [9.17, 15) is 4.79 Å². The van der Waals surface area contributed by atoms with Gasteiger partial charge in [-0.1, -0.05) is 24.3 Å². The fourth-order valence-electron chi connectivity index (χ4n) is 1.55. The van der Waals surface area contributed by atoms with Crippen molar-refractivity contribution in [3.05, 3.63) is 47.5 Å². The normalized spacial score (nSPS) is 9.73. The predicted octanol–water partition coefficient (Wildman–Crippen LogP) is 2.61. The highest BCUT2D eigenvalue weighted by molar-refractivity contribution is 5.97. The number of amides is 1. The van der Waals surface area contributed by atoms with Crippen LogP contribution in [0.1, 0.15) is 27.9 Å². The Kier molecular flexibility index (Phi) is 4.10. The number of nitrogens with one attached hydrogen (secondary N) is 1. The van der Waals surface area contributed by atoms with Crippen LogP contribution in [0.2, 0.25) is 0 Å². The highest BCUT2D eigenvalue weighted by atomic mass is 16.1. The smallest absolute Gasteiger partial charge is 0.251 e. The minimum absolute atomic E-state index is 0.00690. The third-order valence-corrected chi connectivity index (χ3v) is 2.34. The lowest BCUT2D eigenvalue weighted by Crippen LogP contribution is -2.25. The summed E-state index contributed by atoms with van der Waals surface area (Å²) in [5, 5.41) is 2.87. The zero-order valence-corrected chi connectivity index (χ0v) is 9.34. The number of carbonyl (C=O) groups is 1. The van der Waals surface area contributed by atoms with Crippen molar-refractivity contribution < 1.29 is 4.79 Å². The average Bonchev–Trinajstić information content (AvgIpc) is 2.18. The van der Waals surface area contributed by atoms with E-state index in [1.54, 1.807) is 6.08 Å². The van der Waals surface area contributed by atoms with Crippen LogP contribution < -0.4 is 5.32 Å². The van der Waals surface area contributed by atoms with Gasteiger partial charge in [0.2, 0.25) is 0 Å². The van der Waals surface area contributed by atoms with Crippen molar-refractivity contribution in [2.45, 2.75) is 20.3 Å². The summed E-state index contributed by atoms with van der Waals surface area (Å²) < 4.78 is 0. The summed E-state index contributed by atoms with van der Waals surface area (Å²) in [6, 6.07) is 5.87. The molecule has 2 heteroatoms. The third-order valence-electron chi connectivity index (χ3n) is 2.34. The van der Waals surface area contributed by atoms with Crippen molar-refractivity contribution in [3.8, 4) is 0 Å². The fraction of sp³-hybridized carbons (Fsp3) is 0.308. The van der Waals surface area contributed by atoms with E-state index in [4.69, 9.17) is 0 Å². The number of hydrogen-bond donors (Lipinski definition) is 1. The van der Waals surface area contributed by atoms with Gasteiger partial charge in [0.05, 0.1) is 0 Å². The first-order valence-corrected chi connectivity index (χ1v) is 5.12. The third kappa shape index (κ3) is 2.94. The van der Waals surface area contributed by atoms with E-state index >= 15 is 0 Å². The van der Waals surface area contributed by atoms with Crippen molar-refractivity contribution in [1.29, 1.82) is 0 Å². The van der Waals surface area contributed by atoms with Gasteiger partial charge in [-0.3, -0.25) is 4.79 Å². The minimum atomic E-state index is 0.00690. The molecule has 1 aromatic rings. The van der Waals surface area contributed by atoms with E-state index in [2.05, 4.69) is 11.9 Å². The van der Waals surface area contributed by atoms with Gasteiger partial charge in [0, 0.05) is 12.1 Å². The lowest BCUT2D eigenvalue weighted by molar-refractivity contribution is 0.0953. The van der Waals surface area contributed by atoms with Gasteiger partial charge in [0.25, 0.3) is 5.91 Å². The first-order valence-electron chi connectivity index (χ1n) is 5.12. The van der Waals surface area contributed by atoms with E-state index in [0.29, 0.717) is 6.54 Å². The molecule has 80 valence electrons. The molecule has 0 bridgehead atoms. The maximum absolute atomic E-state index is 11.8. The molecular weight excluding hydrogens is 186 g/mol. The molecule has 0 heterocycles. The molecule has 1 amide bonds. The van der Waals surface area contributed by atoms with Gasteiger partial charge in [-0.15, -0.1) is 6.58 Å². The molecule has 0 saturated heterocycles. The highest BCUT2D eigenvalue weighted by Gasteiger charge is 2.10. The van der Waals surface area contributed by atoms with Crippen molar-refractivity contribution in [2.24, 2.45) is 0 Å². The largest absolute Gasteiger partial charge is 0.352 e. The van der Waals surface area contributed by atoms with E-state index in [1.165, 1.54) is 0 Å². The van der Waals surface area contributed by atoms with Crippen molar-refractivity contribution in [2.75, 3.05) is 6.54 Å². The van der Waals surface area contributed by atoms with E-state index in [0.717, 1.165) is 23.1 Å². The monoisotopic (exact) mass is 203 g/mol. The van der Waals surface area contributed by atoms with Gasteiger partial charge in [-0.2, -0.15) is 0 Å². The lowest BCUT2D eigenvalue weighted by Gasteiger charge is -2.09. The van der Waals surface area contributed by atoms with Gasteiger partial charge in [0.1, 0.15) is 0 Å². The van der Waals surface area contributed by atoms with Crippen molar-refractivity contribution in [1.82, 2.24) is 5.32 Å². The molecule has 0 spiro atoms. The van der Waals surface area contributed by atoms with E-state index in [-0.39, 0.29) is 5.91 Å². The fourth-order valence-corrected chi connectivity index (χ4v) is 1.55. The topological polar surface area (TPSA) is 29.1 Å². The zero-order valence-electron chi connectivity index (χ0n) is 9.34. The molecule has 0 radical (unpaired) electrons. The summed E-state index contributed by atoms with van der Waals surface area (Å²) in [5.74, 6) is 0.00690. The van der Waals surface area contributed by atoms with Crippen LogP contribution in [-0.2, 0) is 0 Å². The molecule has 15 heavy (non-hydrogen) atoms. The molecule has 1 rings (SSSR count). The van der Waals surface area contributed by atoms with Gasteiger partial charge < -0.3 is 5.32 Å². The van der Waals surface area contributed by atoms with E-state index < -0.39 is 0 Å². The molecule has 0 unspecified atom stereocenters. The summed E-state index contributed by atoms with van der Waals surface area (Å²) >= 11 is 0. The number of carbonyl (C=O) groups excluding carboxylic acids is 1. The Balaban J connectivity index is 2.77. The molecule has 0 aliphatic rings. The van der Waals surface area contributed by atoms with Crippen LogP contribution in [0.5, 0.6) is 0 Å². The Morgan fingerprint density at radius 2 is 2.00 bits per heavy atom. The molecule has 0 aliphatic carbocycles. The average molecular weight is 203 g/mol. The summed E-state index contributed by atoms with van der Waals surface area (Å²) in [6.07, 6.45) is 2.60. The standard InChI is InChI=1S/C13H17NO/c1-4-5-9-14-13(15)12-10(2)7-6-8-11(12)3/h4,6-8H,1,5,9H2,2-3H3,(H,14,15). The molecule has 1 aromatic carbocycles. The molecule has 2 nitrogen and oxygen atoms in total. The summed E-state index contributed by atoms with van der Waals surface area (Å²) in [6.45, 7) is 8.17. The Bertz CT molecular complexity index is 349. The molecular formula is C13H17NO. The number of benzene rings is 1. The second kappa shape index (κ2) is 5.35. The highest BCUT2D eigenvalue weighted by Crippen LogP contribution is 2.12. The number of rotatable bonds is 4. The van der Waals surface area contributed by atoms with Crippen LogP contribution >= 0.6 is 0 Å². The molecule has 0 atom stereocenters. The first kappa shape index (κ1) is 11.5. The van der Waals surface area contributed by atoms with Crippen LogP contribution in [0.3, 0.4) is 0 Å². The Morgan fingerprint density at radius 1 is 1.40 bits per heavy atom. The van der Waals surface area contributed by atoms with Gasteiger partial charge in [-0.05, 0) is 31.4 Å². The zero-order chi connectivity index (χ0) is 11.3. The van der Waals surface area contributed by atoms with Crippen LogP contribution in [-0.4, -0.2) is 12.5 Å². The molecule has 0 fully saturated rings. The van der Waals surface area contributed by atoms with Crippen molar-refractivity contribution in [3.63, 3.8) is 0 Å². The predicted molar refractivity (Wildman–Crippen MR) is 63.1 cm³/mol. The van der Waals surface area contributed by atoms with Crippen LogP contribution in [0.25, 0.3) is 0 Å². The van der Waals surface area contributed by atoms with Crippen LogP contribution in [0, 0.1) is 13.8 Å². The lowest BCUT2D eigenvalue weighted by atomic mass is 10.0. The minimum Gasteiger partial charge on any atom is -0.352 e. The van der Waals surface area contributed by atoms with Crippen LogP contribution in [0.15, 0.2) is 30.9 Å². The molecule has 0 aliphatic heterocycles. The molecule has 0 saturated carbocycles. The van der Waals surface area contributed by atoms with Gasteiger partial charge in [-0.25, -0.2) is 0 Å². The molecule has 0 aromatic heterocycles. The number of aryl methyl sites for hydroxylation is 2. The van der Waals surface area contributed by atoms with Gasteiger partial charge in [0.15, 0.2) is 0 Å². The maximum Gasteiger partial charge on any atom is 0.251 e. The van der Waals surface area contributed by atoms with Crippen molar-refractivity contribution >= 4 is 5.91 Å². The second-order valence-corrected chi connectivity index (χ2v) is 3.60. The SMILES string of the molecule is C=CCCNC(=O)c1c(C)cccc1C. The Labute approximate surface area is 91.0 Å². The summed E-state index contributed by atoms with van der Waals surface area (Å²) in [7, 11) is 0. The van der Waals surface area contributed by atoms with Crippen LogP contribution in [0.4, 0.5) is 0 Å². The maximum atomic E-state index is 11.8. The second-order valence-electron chi connectivity index (χ2n) is 3.60.